The summed E-state index contributed by atoms with van der Waals surface area (Å²) in [6.45, 7) is 3.91. The highest BCUT2D eigenvalue weighted by atomic mass is 32.2. The second kappa shape index (κ2) is 7.42. The largest absolute Gasteiger partial charge is 0.326 e. The Labute approximate surface area is 164 Å². The number of nitrogens with zero attached hydrogens (tertiary/aromatic N) is 2. The van der Waals surface area contributed by atoms with Gasteiger partial charge in [0.25, 0.3) is 5.91 Å². The van der Waals surface area contributed by atoms with Crippen molar-refractivity contribution in [2.24, 2.45) is 0 Å². The minimum Gasteiger partial charge on any atom is -0.326 e. The van der Waals surface area contributed by atoms with Gasteiger partial charge in [-0.1, -0.05) is 0 Å². The number of carbonyl (C=O) groups is 3. The van der Waals surface area contributed by atoms with Gasteiger partial charge in [-0.3, -0.25) is 18.8 Å². The Kier molecular flexibility index (Phi) is 5.33. The first-order valence-corrected chi connectivity index (χ1v) is 10.8. The summed E-state index contributed by atoms with van der Waals surface area (Å²) in [6.07, 6.45) is 1.11. The zero-order valence-corrected chi connectivity index (χ0v) is 16.7. The van der Waals surface area contributed by atoms with Crippen LogP contribution in [0.1, 0.15) is 33.1 Å². The molecule has 2 aliphatic rings. The third-order valence-electron chi connectivity index (χ3n) is 4.77. The normalized spacial score (nSPS) is 20.4. The van der Waals surface area contributed by atoms with Crippen LogP contribution in [0.15, 0.2) is 24.3 Å². The van der Waals surface area contributed by atoms with Crippen LogP contribution in [-0.4, -0.2) is 55.5 Å². The maximum atomic E-state index is 12.1. The molecule has 1 aromatic carbocycles. The van der Waals surface area contributed by atoms with Crippen LogP contribution in [0.25, 0.3) is 0 Å². The summed E-state index contributed by atoms with van der Waals surface area (Å²) in [5.74, 6) is -0.390. The summed E-state index contributed by atoms with van der Waals surface area (Å²) < 4.78 is 25.2. The zero-order valence-electron chi connectivity index (χ0n) is 15.9. The number of carbonyl (C=O) groups excluding carboxylic acids is 3. The van der Waals surface area contributed by atoms with Crippen molar-refractivity contribution in [3.63, 3.8) is 0 Å². The van der Waals surface area contributed by atoms with Crippen molar-refractivity contribution in [3.05, 3.63) is 24.3 Å². The summed E-state index contributed by atoms with van der Waals surface area (Å²) in [5.41, 5.74) is 0.224. The van der Waals surface area contributed by atoms with Crippen molar-refractivity contribution in [1.82, 2.24) is 10.2 Å². The van der Waals surface area contributed by atoms with Crippen LogP contribution in [-0.2, 0) is 19.6 Å². The molecule has 28 heavy (non-hydrogen) atoms. The first-order valence-electron chi connectivity index (χ1n) is 9.15. The Balaban J connectivity index is 1.49. The van der Waals surface area contributed by atoms with E-state index in [2.05, 4.69) is 10.6 Å². The molecule has 1 aromatic rings. The van der Waals surface area contributed by atoms with Gasteiger partial charge in [0, 0.05) is 25.2 Å². The van der Waals surface area contributed by atoms with Crippen LogP contribution in [0.5, 0.6) is 0 Å². The van der Waals surface area contributed by atoms with Crippen molar-refractivity contribution in [2.75, 3.05) is 28.5 Å². The lowest BCUT2D eigenvalue weighted by atomic mass is 10.1. The number of hydrogen-bond donors (Lipinski definition) is 2. The third kappa shape index (κ3) is 4.11. The van der Waals surface area contributed by atoms with E-state index in [4.69, 9.17) is 0 Å². The minimum atomic E-state index is -3.23. The van der Waals surface area contributed by atoms with Crippen LogP contribution in [0.4, 0.5) is 16.2 Å². The molecule has 3 rings (SSSR count). The standard InChI is InChI=1S/C18H24N4O5S/c1-18(2)16(24)21(17(25)20-18)10-3-5-15(23)19-13-6-8-14(9-7-13)22-11-4-12-28(22,26)27/h6-9H,3-5,10-12H2,1-2H3,(H,19,23)(H,20,25). The average molecular weight is 408 g/mol. The molecule has 9 nitrogen and oxygen atoms in total. The van der Waals surface area contributed by atoms with E-state index in [1.54, 1.807) is 38.1 Å². The summed E-state index contributed by atoms with van der Waals surface area (Å²) in [4.78, 5) is 37.1. The average Bonchev–Trinajstić information content (AvgIpc) is 3.06. The Morgan fingerprint density at radius 3 is 2.43 bits per heavy atom. The molecule has 0 atom stereocenters. The number of nitrogens with one attached hydrogen (secondary N) is 2. The Hall–Kier alpha value is -2.62. The number of amides is 4. The molecule has 2 heterocycles. The Bertz CT molecular complexity index is 895. The van der Waals surface area contributed by atoms with Crippen LogP contribution in [0, 0.1) is 0 Å². The Morgan fingerprint density at radius 1 is 1.21 bits per heavy atom. The van der Waals surface area contributed by atoms with E-state index < -0.39 is 21.6 Å². The maximum absolute atomic E-state index is 12.1. The van der Waals surface area contributed by atoms with Crippen molar-refractivity contribution >= 4 is 39.2 Å². The molecule has 2 N–H and O–H groups in total. The van der Waals surface area contributed by atoms with Gasteiger partial charge in [-0.15, -0.1) is 0 Å². The topological polar surface area (TPSA) is 116 Å². The fourth-order valence-electron chi connectivity index (χ4n) is 3.28. The molecular weight excluding hydrogens is 384 g/mol. The number of hydrogen-bond acceptors (Lipinski definition) is 5. The van der Waals surface area contributed by atoms with Crippen LogP contribution in [0.3, 0.4) is 0 Å². The molecule has 2 fully saturated rings. The van der Waals surface area contributed by atoms with Crippen molar-refractivity contribution < 1.29 is 22.8 Å². The predicted molar refractivity (Wildman–Crippen MR) is 104 cm³/mol. The fraction of sp³-hybridized carbons (Fsp3) is 0.500. The van der Waals surface area contributed by atoms with Crippen molar-refractivity contribution in [2.45, 2.75) is 38.6 Å². The molecule has 2 saturated heterocycles. The maximum Gasteiger partial charge on any atom is 0.325 e. The summed E-state index contributed by atoms with van der Waals surface area (Å²) >= 11 is 0. The number of anilines is 2. The molecule has 0 spiro atoms. The second-order valence-corrected chi connectivity index (χ2v) is 9.47. The van der Waals surface area contributed by atoms with Gasteiger partial charge in [0.1, 0.15) is 5.54 Å². The van der Waals surface area contributed by atoms with E-state index in [-0.39, 0.29) is 30.5 Å². The lowest BCUT2D eigenvalue weighted by Gasteiger charge is -2.17. The van der Waals surface area contributed by atoms with Gasteiger partial charge in [0.2, 0.25) is 15.9 Å². The molecule has 0 aromatic heterocycles. The van der Waals surface area contributed by atoms with E-state index in [1.165, 1.54) is 4.31 Å². The second-order valence-electron chi connectivity index (χ2n) is 7.45. The summed E-state index contributed by atoms with van der Waals surface area (Å²) in [5, 5.41) is 5.33. The number of imide groups is 1. The quantitative estimate of drug-likeness (QED) is 0.688. The molecule has 4 amide bonds. The van der Waals surface area contributed by atoms with Gasteiger partial charge in [-0.25, -0.2) is 13.2 Å². The highest BCUT2D eigenvalue weighted by molar-refractivity contribution is 7.93. The number of urea groups is 1. The van der Waals surface area contributed by atoms with Crippen LogP contribution >= 0.6 is 0 Å². The first kappa shape index (κ1) is 20.1. The van der Waals surface area contributed by atoms with E-state index >= 15 is 0 Å². The molecule has 0 aliphatic carbocycles. The molecule has 10 heteroatoms. The van der Waals surface area contributed by atoms with Gasteiger partial charge in [-0.05, 0) is 51.0 Å². The molecule has 2 aliphatic heterocycles. The molecule has 0 unspecified atom stereocenters. The molecule has 0 radical (unpaired) electrons. The number of sulfonamides is 1. The van der Waals surface area contributed by atoms with Gasteiger partial charge >= 0.3 is 6.03 Å². The van der Waals surface area contributed by atoms with Gasteiger partial charge in [0.15, 0.2) is 0 Å². The van der Waals surface area contributed by atoms with E-state index in [9.17, 15) is 22.8 Å². The SMILES string of the molecule is CC1(C)NC(=O)N(CCCC(=O)Nc2ccc(N3CCCS3(=O)=O)cc2)C1=O. The highest BCUT2D eigenvalue weighted by Gasteiger charge is 2.43. The van der Waals surface area contributed by atoms with Crippen LogP contribution < -0.4 is 14.9 Å². The van der Waals surface area contributed by atoms with Gasteiger partial charge < -0.3 is 10.6 Å². The van der Waals surface area contributed by atoms with Crippen molar-refractivity contribution in [1.29, 1.82) is 0 Å². The molecule has 0 saturated carbocycles. The summed E-state index contributed by atoms with van der Waals surface area (Å²) in [7, 11) is -3.23. The molecule has 152 valence electrons. The lowest BCUT2D eigenvalue weighted by Crippen LogP contribution is -2.40. The van der Waals surface area contributed by atoms with E-state index in [1.807, 2.05) is 0 Å². The smallest absolute Gasteiger partial charge is 0.325 e. The lowest BCUT2D eigenvalue weighted by molar-refractivity contribution is -0.130. The fourth-order valence-corrected chi connectivity index (χ4v) is 4.85. The zero-order chi connectivity index (χ0) is 20.5. The van der Waals surface area contributed by atoms with Gasteiger partial charge in [-0.2, -0.15) is 0 Å². The predicted octanol–water partition coefficient (Wildman–Crippen LogP) is 1.28. The van der Waals surface area contributed by atoms with E-state index in [0.717, 1.165) is 4.90 Å². The number of benzene rings is 1. The summed E-state index contributed by atoms with van der Waals surface area (Å²) in [6, 6.07) is 6.19. The third-order valence-corrected chi connectivity index (χ3v) is 6.64. The minimum absolute atomic E-state index is 0.153. The van der Waals surface area contributed by atoms with Gasteiger partial charge in [0.05, 0.1) is 11.4 Å². The Morgan fingerprint density at radius 2 is 1.89 bits per heavy atom. The van der Waals surface area contributed by atoms with Crippen molar-refractivity contribution in [3.8, 4) is 0 Å². The first-order chi connectivity index (χ1) is 13.1. The highest BCUT2D eigenvalue weighted by Crippen LogP contribution is 2.25. The number of rotatable bonds is 6. The molecule has 0 bridgehead atoms. The van der Waals surface area contributed by atoms with E-state index in [0.29, 0.717) is 30.8 Å². The molecular formula is C18H24N4O5S. The van der Waals surface area contributed by atoms with Crippen LogP contribution in [0.2, 0.25) is 0 Å². The monoisotopic (exact) mass is 408 g/mol.